The molecule has 0 bridgehead atoms. The highest BCUT2D eigenvalue weighted by molar-refractivity contribution is 6.02. The lowest BCUT2D eigenvalue weighted by molar-refractivity contribution is 0.102. The number of nitrogens with one attached hydrogen (secondary N) is 1. The lowest BCUT2D eigenvalue weighted by Crippen LogP contribution is -2.25. The van der Waals surface area contributed by atoms with Crippen molar-refractivity contribution in [2.45, 2.75) is 26.7 Å². The molecule has 0 saturated heterocycles. The highest BCUT2D eigenvalue weighted by atomic mass is 16.5. The fourth-order valence-electron chi connectivity index (χ4n) is 2.49. The van der Waals surface area contributed by atoms with Crippen molar-refractivity contribution in [1.29, 1.82) is 0 Å². The molecule has 0 atom stereocenters. The highest BCUT2D eigenvalue weighted by Crippen LogP contribution is 2.17. The number of aromatic nitrogens is 1. The molecule has 2 rings (SSSR count). The summed E-state index contributed by atoms with van der Waals surface area (Å²) in [4.78, 5) is 18.9. The second-order valence-corrected chi connectivity index (χ2v) is 5.57. The van der Waals surface area contributed by atoms with Gasteiger partial charge < -0.3 is 15.0 Å². The third-order valence-electron chi connectivity index (χ3n) is 3.68. The van der Waals surface area contributed by atoms with Gasteiger partial charge in [0.25, 0.3) is 5.91 Å². The molecule has 2 aromatic rings. The van der Waals surface area contributed by atoms with E-state index in [1.165, 1.54) is 0 Å². The van der Waals surface area contributed by atoms with E-state index in [1.54, 1.807) is 43.6 Å². The third-order valence-corrected chi connectivity index (χ3v) is 3.68. The van der Waals surface area contributed by atoms with E-state index in [1.807, 2.05) is 6.07 Å². The van der Waals surface area contributed by atoms with Crippen molar-refractivity contribution in [2.75, 3.05) is 30.4 Å². The molecular weight excluding hydrogens is 302 g/mol. The molecule has 1 aromatic carbocycles. The SMILES string of the molecule is CCCN(CCC)c1ccc(C(=O)Nc2ccc(OC)cc2)nc1. The molecule has 1 N–H and O–H groups in total. The highest BCUT2D eigenvalue weighted by Gasteiger charge is 2.10. The van der Waals surface area contributed by atoms with Crippen LogP contribution in [-0.4, -0.2) is 31.1 Å². The number of nitrogens with zero attached hydrogens (tertiary/aromatic N) is 2. The van der Waals surface area contributed by atoms with E-state index in [9.17, 15) is 4.79 Å². The molecular formula is C19H25N3O2. The Bertz CT molecular complexity index is 633. The number of anilines is 2. The van der Waals surface area contributed by atoms with Gasteiger partial charge in [0.05, 0.1) is 19.0 Å². The largest absolute Gasteiger partial charge is 0.497 e. The van der Waals surface area contributed by atoms with E-state index in [2.05, 4.69) is 29.0 Å². The van der Waals surface area contributed by atoms with Gasteiger partial charge in [-0.1, -0.05) is 13.8 Å². The van der Waals surface area contributed by atoms with Gasteiger partial charge in [-0.05, 0) is 49.2 Å². The number of pyridine rings is 1. The second-order valence-electron chi connectivity index (χ2n) is 5.57. The molecule has 1 heterocycles. The van der Waals surface area contributed by atoms with E-state index in [4.69, 9.17) is 4.74 Å². The quantitative estimate of drug-likeness (QED) is 0.797. The number of carbonyl (C=O) groups is 1. The standard InChI is InChI=1S/C19H25N3O2/c1-4-12-22(13-5-2)16-8-11-18(20-14-16)19(23)21-15-6-9-17(24-3)10-7-15/h6-11,14H,4-5,12-13H2,1-3H3,(H,21,23). The Labute approximate surface area is 143 Å². The van der Waals surface area contributed by atoms with Crippen LogP contribution in [0.25, 0.3) is 0 Å². The summed E-state index contributed by atoms with van der Waals surface area (Å²) in [5.74, 6) is 0.534. The Kier molecular flexibility index (Phi) is 6.61. The van der Waals surface area contributed by atoms with Crippen LogP contribution in [-0.2, 0) is 0 Å². The molecule has 5 heteroatoms. The summed E-state index contributed by atoms with van der Waals surface area (Å²) in [6.45, 7) is 6.30. The van der Waals surface area contributed by atoms with Gasteiger partial charge in [0.15, 0.2) is 0 Å². The van der Waals surface area contributed by atoms with Gasteiger partial charge in [-0.15, -0.1) is 0 Å². The normalized spacial score (nSPS) is 10.3. The van der Waals surface area contributed by atoms with E-state index in [-0.39, 0.29) is 5.91 Å². The Balaban J connectivity index is 2.04. The molecule has 0 radical (unpaired) electrons. The fourth-order valence-corrected chi connectivity index (χ4v) is 2.49. The summed E-state index contributed by atoms with van der Waals surface area (Å²) in [6.07, 6.45) is 3.94. The second kappa shape index (κ2) is 8.91. The third kappa shape index (κ3) is 4.72. The lowest BCUT2D eigenvalue weighted by Gasteiger charge is -2.23. The zero-order chi connectivity index (χ0) is 17.4. The Hall–Kier alpha value is -2.56. The number of methoxy groups -OCH3 is 1. The molecule has 0 aliphatic heterocycles. The smallest absolute Gasteiger partial charge is 0.274 e. The van der Waals surface area contributed by atoms with Gasteiger partial charge >= 0.3 is 0 Å². The van der Waals surface area contributed by atoms with Crippen molar-refractivity contribution in [3.05, 3.63) is 48.3 Å². The Morgan fingerprint density at radius 1 is 1.08 bits per heavy atom. The minimum atomic E-state index is -0.218. The van der Waals surface area contributed by atoms with Crippen LogP contribution in [0, 0.1) is 0 Å². The summed E-state index contributed by atoms with van der Waals surface area (Å²) in [6, 6.07) is 10.9. The molecule has 0 saturated carbocycles. The molecule has 0 unspecified atom stereocenters. The fraction of sp³-hybridized carbons (Fsp3) is 0.368. The van der Waals surface area contributed by atoms with Crippen LogP contribution in [0.5, 0.6) is 5.75 Å². The van der Waals surface area contributed by atoms with Crippen LogP contribution in [0.2, 0.25) is 0 Å². The Morgan fingerprint density at radius 2 is 1.75 bits per heavy atom. The number of amides is 1. The van der Waals surface area contributed by atoms with Crippen LogP contribution in [0.15, 0.2) is 42.6 Å². The zero-order valence-corrected chi connectivity index (χ0v) is 14.6. The summed E-state index contributed by atoms with van der Waals surface area (Å²) in [5, 5.41) is 2.84. The van der Waals surface area contributed by atoms with Crippen molar-refractivity contribution in [3.63, 3.8) is 0 Å². The summed E-state index contributed by atoms with van der Waals surface area (Å²) in [5.41, 5.74) is 2.17. The van der Waals surface area contributed by atoms with Crippen molar-refractivity contribution in [2.24, 2.45) is 0 Å². The van der Waals surface area contributed by atoms with Gasteiger partial charge in [0.1, 0.15) is 11.4 Å². The average Bonchev–Trinajstić information content (AvgIpc) is 2.62. The van der Waals surface area contributed by atoms with Crippen LogP contribution < -0.4 is 15.0 Å². The Morgan fingerprint density at radius 3 is 2.25 bits per heavy atom. The van der Waals surface area contributed by atoms with Gasteiger partial charge in [-0.3, -0.25) is 4.79 Å². The van der Waals surface area contributed by atoms with Gasteiger partial charge in [0, 0.05) is 18.8 Å². The molecule has 0 fully saturated rings. The summed E-state index contributed by atoms with van der Waals surface area (Å²) < 4.78 is 5.10. The zero-order valence-electron chi connectivity index (χ0n) is 14.6. The number of ether oxygens (including phenoxy) is 1. The van der Waals surface area contributed by atoms with E-state index < -0.39 is 0 Å². The number of rotatable bonds is 8. The first-order valence-corrected chi connectivity index (χ1v) is 8.34. The first-order valence-electron chi connectivity index (χ1n) is 8.34. The summed E-state index contributed by atoms with van der Waals surface area (Å²) >= 11 is 0. The molecule has 0 spiro atoms. The first-order chi connectivity index (χ1) is 11.7. The maximum atomic E-state index is 12.3. The lowest BCUT2D eigenvalue weighted by atomic mass is 10.2. The minimum Gasteiger partial charge on any atom is -0.497 e. The van der Waals surface area contributed by atoms with Gasteiger partial charge in [0.2, 0.25) is 0 Å². The molecule has 1 amide bonds. The predicted octanol–water partition coefficient (Wildman–Crippen LogP) is 3.97. The molecule has 0 aliphatic rings. The van der Waals surface area contributed by atoms with Gasteiger partial charge in [-0.25, -0.2) is 4.98 Å². The maximum Gasteiger partial charge on any atom is 0.274 e. The van der Waals surface area contributed by atoms with Crippen molar-refractivity contribution < 1.29 is 9.53 Å². The molecule has 128 valence electrons. The van der Waals surface area contributed by atoms with Gasteiger partial charge in [-0.2, -0.15) is 0 Å². The number of hydrogen-bond donors (Lipinski definition) is 1. The number of hydrogen-bond acceptors (Lipinski definition) is 4. The minimum absolute atomic E-state index is 0.218. The summed E-state index contributed by atoms with van der Waals surface area (Å²) in [7, 11) is 1.61. The maximum absolute atomic E-state index is 12.3. The van der Waals surface area contributed by atoms with Crippen molar-refractivity contribution in [1.82, 2.24) is 4.98 Å². The average molecular weight is 327 g/mol. The van der Waals surface area contributed by atoms with Crippen LogP contribution in [0.1, 0.15) is 37.2 Å². The van der Waals surface area contributed by atoms with Crippen molar-refractivity contribution >= 4 is 17.3 Å². The number of carbonyl (C=O) groups excluding carboxylic acids is 1. The van der Waals surface area contributed by atoms with E-state index in [0.29, 0.717) is 11.4 Å². The van der Waals surface area contributed by atoms with Crippen LogP contribution in [0.3, 0.4) is 0 Å². The molecule has 0 aliphatic carbocycles. The topological polar surface area (TPSA) is 54.5 Å². The first kappa shape index (κ1) is 17.8. The molecule has 5 nitrogen and oxygen atoms in total. The number of benzene rings is 1. The van der Waals surface area contributed by atoms with Crippen LogP contribution >= 0.6 is 0 Å². The van der Waals surface area contributed by atoms with Crippen molar-refractivity contribution in [3.8, 4) is 5.75 Å². The molecule has 24 heavy (non-hydrogen) atoms. The van der Waals surface area contributed by atoms with E-state index >= 15 is 0 Å². The van der Waals surface area contributed by atoms with Crippen LogP contribution in [0.4, 0.5) is 11.4 Å². The predicted molar refractivity (Wildman–Crippen MR) is 98.0 cm³/mol. The monoisotopic (exact) mass is 327 g/mol. The molecule has 1 aromatic heterocycles. The van der Waals surface area contributed by atoms with E-state index in [0.717, 1.165) is 37.4 Å².